The molecule has 0 radical (unpaired) electrons. The number of benzene rings is 3. The summed E-state index contributed by atoms with van der Waals surface area (Å²) in [4.78, 5) is 15.9. The highest BCUT2D eigenvalue weighted by Crippen LogP contribution is 2.28. The number of carbonyl (C=O) groups is 1. The van der Waals surface area contributed by atoms with Gasteiger partial charge >= 0.3 is 0 Å². The van der Waals surface area contributed by atoms with E-state index < -0.39 is 0 Å². The average molecular weight is 483 g/mol. The maximum Gasteiger partial charge on any atom is 0.270 e. The molecule has 0 aliphatic carbocycles. The highest BCUT2D eigenvalue weighted by atomic mass is 32.1. The third-order valence-corrected chi connectivity index (χ3v) is 6.99. The third kappa shape index (κ3) is 5.08. The van der Waals surface area contributed by atoms with Crippen molar-refractivity contribution in [3.05, 3.63) is 119 Å². The van der Waals surface area contributed by atoms with Crippen LogP contribution in [0.3, 0.4) is 0 Å². The van der Waals surface area contributed by atoms with Gasteiger partial charge in [0.05, 0.1) is 10.2 Å². The van der Waals surface area contributed by atoms with Crippen LogP contribution >= 0.6 is 11.3 Å². The Bertz CT molecular complexity index is 1440. The first kappa shape index (κ1) is 22.7. The van der Waals surface area contributed by atoms with Gasteiger partial charge in [-0.3, -0.25) is 4.79 Å². The van der Waals surface area contributed by atoms with Crippen LogP contribution in [-0.4, -0.2) is 32.1 Å². The van der Waals surface area contributed by atoms with Crippen molar-refractivity contribution in [2.75, 3.05) is 6.54 Å². The molecule has 3 aromatic carbocycles. The second-order valence-electron chi connectivity index (χ2n) is 8.56. The second kappa shape index (κ2) is 10.1. The Morgan fingerprint density at radius 3 is 2.23 bits per heavy atom. The molecule has 0 saturated heterocycles. The Kier molecular flexibility index (Phi) is 6.55. The summed E-state index contributed by atoms with van der Waals surface area (Å²) >= 11 is 1.64. The van der Waals surface area contributed by atoms with Gasteiger partial charge in [0.15, 0.2) is 11.5 Å². The number of aromatic nitrogens is 1. The Morgan fingerprint density at radius 2 is 1.51 bits per heavy atom. The molecule has 0 aliphatic rings. The van der Waals surface area contributed by atoms with Crippen LogP contribution in [0.25, 0.3) is 10.2 Å². The Labute approximate surface area is 208 Å². The molecule has 2 N–H and O–H groups in total. The third-order valence-electron chi connectivity index (χ3n) is 6.14. The maximum atomic E-state index is 14.0. The fourth-order valence-corrected chi connectivity index (χ4v) is 5.12. The van der Waals surface area contributed by atoms with Crippen LogP contribution in [0, 0.1) is 0 Å². The summed E-state index contributed by atoms with van der Waals surface area (Å²) in [5, 5.41) is 21.6. The number of phenolic OH excluding ortho intramolecular Hbond substituents is 2. The van der Waals surface area contributed by atoms with Crippen LogP contribution in [0.1, 0.15) is 27.2 Å². The minimum absolute atomic E-state index is 0.0313. The van der Waals surface area contributed by atoms with Crippen LogP contribution in [-0.2, 0) is 19.5 Å². The molecular weight excluding hydrogens is 456 g/mol. The van der Waals surface area contributed by atoms with Crippen molar-refractivity contribution in [3.8, 4) is 11.5 Å². The first-order valence-corrected chi connectivity index (χ1v) is 12.4. The monoisotopic (exact) mass is 482 g/mol. The van der Waals surface area contributed by atoms with Crippen molar-refractivity contribution >= 4 is 27.5 Å². The fourth-order valence-electron chi connectivity index (χ4n) is 4.30. The van der Waals surface area contributed by atoms with E-state index in [0.29, 0.717) is 31.7 Å². The first-order valence-electron chi connectivity index (χ1n) is 11.5. The molecule has 0 atom stereocenters. The summed E-state index contributed by atoms with van der Waals surface area (Å²) < 4.78 is 3.20. The normalized spacial score (nSPS) is 11.1. The molecule has 0 fully saturated rings. The van der Waals surface area contributed by atoms with E-state index in [1.165, 1.54) is 6.07 Å². The number of hydrogen-bond donors (Lipinski definition) is 2. The number of rotatable bonds is 8. The van der Waals surface area contributed by atoms with Gasteiger partial charge in [-0.05, 0) is 52.8 Å². The molecule has 0 spiro atoms. The highest BCUT2D eigenvalue weighted by Gasteiger charge is 2.22. The van der Waals surface area contributed by atoms with E-state index >= 15 is 0 Å². The van der Waals surface area contributed by atoms with Crippen molar-refractivity contribution in [2.24, 2.45) is 0 Å². The molecule has 0 bridgehead atoms. The van der Waals surface area contributed by atoms with Gasteiger partial charge in [-0.1, -0.05) is 66.7 Å². The number of hydrogen-bond acceptors (Lipinski definition) is 4. The molecule has 6 heteroatoms. The van der Waals surface area contributed by atoms with Gasteiger partial charge in [0.2, 0.25) is 0 Å². The van der Waals surface area contributed by atoms with Gasteiger partial charge in [0, 0.05) is 19.6 Å². The highest BCUT2D eigenvalue weighted by molar-refractivity contribution is 7.17. The minimum atomic E-state index is -0.152. The summed E-state index contributed by atoms with van der Waals surface area (Å²) in [5.74, 6) is -0.332. The molecular formula is C29H26N2O3S. The van der Waals surface area contributed by atoms with Crippen molar-refractivity contribution in [1.29, 1.82) is 0 Å². The van der Waals surface area contributed by atoms with E-state index in [4.69, 9.17) is 0 Å². The number of amides is 1. The van der Waals surface area contributed by atoms with Crippen molar-refractivity contribution in [2.45, 2.75) is 19.5 Å². The van der Waals surface area contributed by atoms with Gasteiger partial charge in [0.1, 0.15) is 5.69 Å². The van der Waals surface area contributed by atoms with Crippen LogP contribution in [0.2, 0.25) is 0 Å². The van der Waals surface area contributed by atoms with Gasteiger partial charge in [-0.2, -0.15) is 0 Å². The van der Waals surface area contributed by atoms with E-state index in [9.17, 15) is 15.0 Å². The van der Waals surface area contributed by atoms with Crippen LogP contribution in [0.4, 0.5) is 0 Å². The Balaban J connectivity index is 1.47. The van der Waals surface area contributed by atoms with E-state index in [0.717, 1.165) is 26.9 Å². The predicted molar refractivity (Wildman–Crippen MR) is 140 cm³/mol. The second-order valence-corrected chi connectivity index (χ2v) is 9.50. The molecule has 0 unspecified atom stereocenters. The summed E-state index contributed by atoms with van der Waals surface area (Å²) in [6.45, 7) is 1.57. The molecule has 5 rings (SSSR count). The molecule has 2 aromatic heterocycles. The molecule has 0 aliphatic heterocycles. The number of aromatic hydroxyl groups is 2. The summed E-state index contributed by atoms with van der Waals surface area (Å²) in [5.41, 5.74) is 4.77. The molecule has 176 valence electrons. The zero-order valence-corrected chi connectivity index (χ0v) is 20.0. The SMILES string of the molecule is O=C(c1cc2sccc2n1Cc1ccccc1)N(CCc1ccc(O)c(O)c1)Cc1ccccc1. The number of fused-ring (bicyclic) bond motifs is 1. The van der Waals surface area contributed by atoms with Gasteiger partial charge in [0.25, 0.3) is 5.91 Å². The van der Waals surface area contributed by atoms with Crippen molar-refractivity contribution < 1.29 is 15.0 Å². The van der Waals surface area contributed by atoms with Gasteiger partial charge < -0.3 is 19.7 Å². The van der Waals surface area contributed by atoms with E-state index in [2.05, 4.69) is 28.1 Å². The average Bonchev–Trinajstić information content (AvgIpc) is 3.47. The summed E-state index contributed by atoms with van der Waals surface area (Å²) in [6, 6.07) is 29.0. The standard InChI is InChI=1S/C29H26N2O3S/c32-26-12-11-21(17-27(26)33)13-15-30(19-22-7-3-1-4-8-22)29(34)25-18-28-24(14-16-35-28)31(25)20-23-9-5-2-6-10-23/h1-12,14,16-18,32-33H,13,15,19-20H2. The van der Waals surface area contributed by atoms with Crippen LogP contribution in [0.15, 0.2) is 96.4 Å². The lowest BCUT2D eigenvalue weighted by Gasteiger charge is -2.24. The fraction of sp³-hybridized carbons (Fsp3) is 0.138. The quantitative estimate of drug-likeness (QED) is 0.265. The Morgan fingerprint density at radius 1 is 0.800 bits per heavy atom. The summed E-state index contributed by atoms with van der Waals surface area (Å²) in [7, 11) is 0. The Hall–Kier alpha value is -4.03. The predicted octanol–water partition coefficient (Wildman–Crippen LogP) is 6.05. The van der Waals surface area contributed by atoms with E-state index in [1.54, 1.807) is 23.5 Å². The van der Waals surface area contributed by atoms with E-state index in [1.807, 2.05) is 59.5 Å². The topological polar surface area (TPSA) is 65.7 Å². The molecule has 0 saturated carbocycles. The van der Waals surface area contributed by atoms with Gasteiger partial charge in [-0.15, -0.1) is 11.3 Å². The molecule has 35 heavy (non-hydrogen) atoms. The number of phenols is 2. The minimum Gasteiger partial charge on any atom is -0.504 e. The van der Waals surface area contributed by atoms with Crippen molar-refractivity contribution in [1.82, 2.24) is 9.47 Å². The maximum absolute atomic E-state index is 14.0. The first-order chi connectivity index (χ1) is 17.1. The lowest BCUT2D eigenvalue weighted by atomic mass is 10.1. The molecule has 5 aromatic rings. The van der Waals surface area contributed by atoms with Crippen LogP contribution < -0.4 is 0 Å². The number of nitrogens with zero attached hydrogens (tertiary/aromatic N) is 2. The molecule has 5 nitrogen and oxygen atoms in total. The number of carbonyl (C=O) groups excluding carboxylic acids is 1. The zero-order valence-electron chi connectivity index (χ0n) is 19.2. The lowest BCUT2D eigenvalue weighted by molar-refractivity contribution is 0.0735. The van der Waals surface area contributed by atoms with Gasteiger partial charge in [-0.25, -0.2) is 0 Å². The zero-order chi connectivity index (χ0) is 24.2. The smallest absolute Gasteiger partial charge is 0.270 e. The van der Waals surface area contributed by atoms with Crippen molar-refractivity contribution in [3.63, 3.8) is 0 Å². The van der Waals surface area contributed by atoms with Crippen LogP contribution in [0.5, 0.6) is 11.5 Å². The molecule has 2 heterocycles. The van der Waals surface area contributed by atoms with E-state index in [-0.39, 0.29) is 17.4 Å². The molecule has 1 amide bonds. The lowest BCUT2D eigenvalue weighted by Crippen LogP contribution is -2.34. The largest absolute Gasteiger partial charge is 0.504 e. The number of thiophene rings is 1. The summed E-state index contributed by atoms with van der Waals surface area (Å²) in [6.07, 6.45) is 0.556.